The lowest BCUT2D eigenvalue weighted by Gasteiger charge is -2.35. The lowest BCUT2D eigenvalue weighted by molar-refractivity contribution is -0.145. The van der Waals surface area contributed by atoms with Gasteiger partial charge in [0.1, 0.15) is 23.9 Å². The second-order valence-electron chi connectivity index (χ2n) is 9.36. The van der Waals surface area contributed by atoms with Gasteiger partial charge < -0.3 is 19.3 Å². The van der Waals surface area contributed by atoms with Crippen LogP contribution in [0.15, 0.2) is 54.6 Å². The number of esters is 1. The van der Waals surface area contributed by atoms with E-state index in [1.165, 1.54) is 12.0 Å². The summed E-state index contributed by atoms with van der Waals surface area (Å²) >= 11 is 0. The van der Waals surface area contributed by atoms with Crippen LogP contribution in [0.3, 0.4) is 0 Å². The predicted molar refractivity (Wildman–Crippen MR) is 122 cm³/mol. The minimum Gasteiger partial charge on any atom is -0.467 e. The number of fused-ring (bicyclic) bond motifs is 3. The average Bonchev–Trinajstić information content (AvgIpc) is 3.24. The summed E-state index contributed by atoms with van der Waals surface area (Å²) in [5.41, 5.74) is -0.991. The molecule has 0 aliphatic carbocycles. The van der Waals surface area contributed by atoms with Gasteiger partial charge in [0.2, 0.25) is 0 Å². The first kappa shape index (κ1) is 23.6. The zero-order chi connectivity index (χ0) is 24.7. The Hall–Kier alpha value is -3.59. The summed E-state index contributed by atoms with van der Waals surface area (Å²) in [4.78, 5) is 41.6. The predicted octanol–water partition coefficient (Wildman–Crippen LogP) is 3.54. The highest BCUT2D eigenvalue weighted by molar-refractivity contribution is 5.95. The van der Waals surface area contributed by atoms with Crippen LogP contribution in [-0.2, 0) is 31.2 Å². The normalized spacial score (nSPS) is 23.2. The first-order valence-electron chi connectivity index (χ1n) is 11.0. The second kappa shape index (κ2) is 8.64. The molecule has 1 N–H and O–H groups in total. The fraction of sp³-hybridized carbons (Fsp3) is 0.400. The zero-order valence-corrected chi connectivity index (χ0v) is 19.6. The van der Waals surface area contributed by atoms with Gasteiger partial charge >= 0.3 is 18.2 Å². The van der Waals surface area contributed by atoms with Gasteiger partial charge in [0, 0.05) is 12.0 Å². The summed E-state index contributed by atoms with van der Waals surface area (Å²) in [6.07, 6.45) is -3.04. The smallest absolute Gasteiger partial charge is 0.416 e. The van der Waals surface area contributed by atoms with Crippen molar-refractivity contribution < 1.29 is 33.7 Å². The van der Waals surface area contributed by atoms with Crippen molar-refractivity contribution in [2.24, 2.45) is 0 Å². The van der Waals surface area contributed by atoms with Crippen molar-refractivity contribution in [2.75, 3.05) is 12.0 Å². The summed E-state index contributed by atoms with van der Waals surface area (Å²) in [5, 5.41) is 11.8. The van der Waals surface area contributed by atoms with Gasteiger partial charge in [0.05, 0.1) is 12.8 Å². The number of para-hydroxylation sites is 1. The SMILES string of the molecule is COC(=O)[C@@H]1C[C@@]2(O)c3ccccc3N(C(=O)OC(C)(C)C)[C@H]2N1C(=O)OCc1ccccc1. The number of hydrogen-bond donors (Lipinski definition) is 1. The van der Waals surface area contributed by atoms with Crippen LogP contribution in [0.25, 0.3) is 0 Å². The van der Waals surface area contributed by atoms with E-state index in [4.69, 9.17) is 14.2 Å². The molecule has 2 heterocycles. The number of anilines is 1. The van der Waals surface area contributed by atoms with Crippen LogP contribution in [0.5, 0.6) is 0 Å². The second-order valence-corrected chi connectivity index (χ2v) is 9.36. The summed E-state index contributed by atoms with van der Waals surface area (Å²) in [7, 11) is 1.20. The number of likely N-dealkylation sites (tertiary alicyclic amines) is 1. The minimum absolute atomic E-state index is 0.0470. The molecule has 0 aromatic heterocycles. The van der Waals surface area contributed by atoms with Crippen LogP contribution in [0.4, 0.5) is 15.3 Å². The third-order valence-electron chi connectivity index (χ3n) is 5.88. The molecule has 0 radical (unpaired) electrons. The molecule has 0 bridgehead atoms. The number of amides is 2. The van der Waals surface area contributed by atoms with Crippen molar-refractivity contribution in [3.63, 3.8) is 0 Å². The van der Waals surface area contributed by atoms with Crippen molar-refractivity contribution in [3.05, 3.63) is 65.7 Å². The molecule has 2 aromatic carbocycles. The van der Waals surface area contributed by atoms with Crippen molar-refractivity contribution in [2.45, 2.75) is 57.2 Å². The Bertz CT molecular complexity index is 1100. The van der Waals surface area contributed by atoms with Crippen LogP contribution in [-0.4, -0.2) is 53.1 Å². The van der Waals surface area contributed by atoms with E-state index in [9.17, 15) is 19.5 Å². The highest BCUT2D eigenvalue weighted by Crippen LogP contribution is 2.53. The number of ether oxygens (including phenoxy) is 3. The van der Waals surface area contributed by atoms with Gasteiger partial charge in [-0.2, -0.15) is 0 Å². The highest BCUT2D eigenvalue weighted by atomic mass is 16.6. The summed E-state index contributed by atoms with van der Waals surface area (Å²) in [6, 6.07) is 14.7. The van der Waals surface area contributed by atoms with Gasteiger partial charge in [-0.05, 0) is 32.4 Å². The Balaban J connectivity index is 1.75. The topological polar surface area (TPSA) is 106 Å². The molecule has 0 unspecified atom stereocenters. The van der Waals surface area contributed by atoms with Crippen LogP contribution in [0.1, 0.15) is 38.3 Å². The van der Waals surface area contributed by atoms with E-state index in [2.05, 4.69) is 0 Å². The van der Waals surface area contributed by atoms with Crippen molar-refractivity contribution in [3.8, 4) is 0 Å². The Kier molecular flexibility index (Phi) is 5.99. The van der Waals surface area contributed by atoms with E-state index in [1.54, 1.807) is 57.2 Å². The van der Waals surface area contributed by atoms with Crippen LogP contribution >= 0.6 is 0 Å². The van der Waals surface area contributed by atoms with Gasteiger partial charge in [-0.15, -0.1) is 0 Å². The molecular formula is C25H28N2O7. The van der Waals surface area contributed by atoms with E-state index in [-0.39, 0.29) is 13.0 Å². The quantitative estimate of drug-likeness (QED) is 0.543. The molecule has 180 valence electrons. The molecule has 2 aliphatic rings. The maximum Gasteiger partial charge on any atom is 0.416 e. The monoisotopic (exact) mass is 468 g/mol. The summed E-state index contributed by atoms with van der Waals surface area (Å²) in [5.74, 6) is -0.721. The number of benzene rings is 2. The first-order valence-corrected chi connectivity index (χ1v) is 11.0. The van der Waals surface area contributed by atoms with Gasteiger partial charge in [-0.1, -0.05) is 48.5 Å². The maximum atomic E-state index is 13.3. The van der Waals surface area contributed by atoms with E-state index in [0.717, 1.165) is 10.5 Å². The molecule has 3 atom stereocenters. The minimum atomic E-state index is -1.72. The fourth-order valence-electron chi connectivity index (χ4n) is 4.53. The van der Waals surface area contributed by atoms with Gasteiger partial charge in [0.25, 0.3) is 0 Å². The molecule has 2 aromatic rings. The Morgan fingerprint density at radius 1 is 1.03 bits per heavy atom. The van der Waals surface area contributed by atoms with Gasteiger partial charge in [-0.3, -0.25) is 9.80 Å². The molecule has 34 heavy (non-hydrogen) atoms. The molecule has 4 rings (SSSR count). The third-order valence-corrected chi connectivity index (χ3v) is 5.88. The van der Waals surface area contributed by atoms with Crippen LogP contribution < -0.4 is 4.90 Å². The lowest BCUT2D eigenvalue weighted by atomic mass is 9.91. The van der Waals surface area contributed by atoms with Gasteiger partial charge in [-0.25, -0.2) is 14.4 Å². The van der Waals surface area contributed by atoms with Crippen LogP contribution in [0.2, 0.25) is 0 Å². The first-order chi connectivity index (χ1) is 16.1. The molecule has 1 fully saturated rings. The molecule has 0 saturated carbocycles. The molecule has 2 aliphatic heterocycles. The number of methoxy groups -OCH3 is 1. The number of aliphatic hydroxyl groups is 1. The highest BCUT2D eigenvalue weighted by Gasteiger charge is 2.65. The fourth-order valence-corrected chi connectivity index (χ4v) is 4.53. The number of rotatable bonds is 3. The zero-order valence-electron chi connectivity index (χ0n) is 19.6. The number of carbonyl (C=O) groups is 3. The van der Waals surface area contributed by atoms with Gasteiger partial charge in [0.15, 0.2) is 6.17 Å². The third kappa shape index (κ3) is 4.07. The van der Waals surface area contributed by atoms with Crippen molar-refractivity contribution in [1.82, 2.24) is 4.90 Å². The Morgan fingerprint density at radius 2 is 1.68 bits per heavy atom. The number of hydrogen-bond acceptors (Lipinski definition) is 7. The Morgan fingerprint density at radius 3 is 2.32 bits per heavy atom. The standard InChI is InChI=1S/C25H28N2O7/c1-24(2,3)34-23(30)26-18-13-9-8-12-17(18)25(31)14-19(20(28)32-4)27(21(25)26)22(29)33-15-16-10-6-5-7-11-16/h5-13,19,21,31H,14-15H2,1-4H3/t19-,21-,25+/m0/s1. The molecular weight excluding hydrogens is 440 g/mol. The van der Waals surface area contributed by atoms with Crippen molar-refractivity contribution in [1.29, 1.82) is 0 Å². The van der Waals surface area contributed by atoms with E-state index < -0.39 is 41.6 Å². The lowest BCUT2D eigenvalue weighted by Crippen LogP contribution is -2.57. The number of carbonyl (C=O) groups excluding carboxylic acids is 3. The Labute approximate surface area is 197 Å². The summed E-state index contributed by atoms with van der Waals surface area (Å²) in [6.45, 7) is 5.11. The molecule has 9 heteroatoms. The molecule has 0 spiro atoms. The molecule has 9 nitrogen and oxygen atoms in total. The van der Waals surface area contributed by atoms with E-state index >= 15 is 0 Å². The molecule has 2 amide bonds. The van der Waals surface area contributed by atoms with Crippen molar-refractivity contribution >= 4 is 23.8 Å². The van der Waals surface area contributed by atoms with E-state index in [0.29, 0.717) is 11.3 Å². The molecule has 1 saturated heterocycles. The number of nitrogens with zero attached hydrogens (tertiary/aromatic N) is 2. The van der Waals surface area contributed by atoms with E-state index in [1.807, 2.05) is 18.2 Å². The van der Waals surface area contributed by atoms with Crippen LogP contribution in [0, 0.1) is 0 Å². The largest absolute Gasteiger partial charge is 0.467 e. The average molecular weight is 469 g/mol. The summed E-state index contributed by atoms with van der Waals surface area (Å²) < 4.78 is 16.0. The maximum absolute atomic E-state index is 13.3.